The molecule has 0 fully saturated rings. The number of ether oxygens (including phenoxy) is 1. The molecule has 0 bridgehead atoms. The topological polar surface area (TPSA) is 116 Å². The molecule has 1 N–H and O–H groups in total. The highest BCUT2D eigenvalue weighted by molar-refractivity contribution is 7.92. The van der Waals surface area contributed by atoms with Crippen LogP contribution in [0.4, 0.5) is 20.2 Å². The van der Waals surface area contributed by atoms with Crippen molar-refractivity contribution < 1.29 is 26.7 Å². The van der Waals surface area contributed by atoms with Gasteiger partial charge >= 0.3 is 12.2 Å². The number of benzene rings is 2. The summed E-state index contributed by atoms with van der Waals surface area (Å²) >= 11 is 23.1. The Morgan fingerprint density at radius 2 is 1.79 bits per heavy atom. The maximum Gasteiger partial charge on any atom is 0.355 e. The number of nitrogens with zero attached hydrogens (tertiary/aromatic N) is 4. The molecule has 2 heterocycles. The summed E-state index contributed by atoms with van der Waals surface area (Å²) < 4.78 is 56.8. The van der Waals surface area contributed by atoms with Crippen LogP contribution in [0.15, 0.2) is 41.2 Å². The van der Waals surface area contributed by atoms with Gasteiger partial charge in [-0.2, -0.15) is 13.5 Å². The first-order chi connectivity index (χ1) is 18.1. The third kappa shape index (κ3) is 7.14. The lowest BCUT2D eigenvalue weighted by atomic mass is 10.1. The lowest BCUT2D eigenvalue weighted by molar-refractivity contribution is -0.117. The summed E-state index contributed by atoms with van der Waals surface area (Å²) in [7, 11) is -3.65. The smallest absolute Gasteiger partial charge is 0.355 e. The van der Waals surface area contributed by atoms with Crippen molar-refractivity contribution in [2.75, 3.05) is 22.5 Å². The number of carbonyl (C=O) groups is 1. The molecule has 3 aromatic rings. The van der Waals surface area contributed by atoms with E-state index in [2.05, 4.69) is 9.82 Å². The standard InChI is InChI=1S/C11H10Cl2F2N4O3S.C11H11Cl2NO2/c1-5-16-19(11(20)18(5)10(14)15)9-4-8(17-23(2,21)22)6(12)3-7(9)13;1-7-6-16-9-5-3-2-4-8(9)14(7)11(15)10(12)13/h3-4,10,17H,1-2H3;2-5,7,10H,6H2,1H3. The van der Waals surface area contributed by atoms with E-state index in [4.69, 9.17) is 51.1 Å². The van der Waals surface area contributed by atoms with Crippen molar-refractivity contribution in [3.05, 3.63) is 62.8 Å². The van der Waals surface area contributed by atoms with Crippen molar-refractivity contribution in [2.45, 2.75) is 31.3 Å². The fourth-order valence-electron chi connectivity index (χ4n) is 3.58. The van der Waals surface area contributed by atoms with Gasteiger partial charge in [0.15, 0.2) is 4.84 Å². The molecule has 0 saturated carbocycles. The Morgan fingerprint density at radius 1 is 1.15 bits per heavy atom. The van der Waals surface area contributed by atoms with E-state index in [9.17, 15) is 26.8 Å². The highest BCUT2D eigenvalue weighted by Gasteiger charge is 2.32. The van der Waals surface area contributed by atoms with Gasteiger partial charge in [-0.1, -0.05) is 58.5 Å². The Kier molecular flexibility index (Phi) is 9.76. The monoisotopic (exact) mass is 645 g/mol. The first-order valence-corrected chi connectivity index (χ1v) is 14.4. The van der Waals surface area contributed by atoms with Gasteiger partial charge < -0.3 is 9.64 Å². The second-order valence-electron chi connectivity index (χ2n) is 8.18. The van der Waals surface area contributed by atoms with Crippen LogP contribution < -0.4 is 20.0 Å². The molecule has 0 aliphatic carbocycles. The number of sulfonamides is 1. The van der Waals surface area contributed by atoms with Crippen LogP contribution in [-0.2, 0) is 14.8 Å². The number of fused-ring (bicyclic) bond motifs is 1. The van der Waals surface area contributed by atoms with Gasteiger partial charge in [0.05, 0.1) is 39.4 Å². The van der Waals surface area contributed by atoms with E-state index in [0.717, 1.165) is 18.0 Å². The van der Waals surface area contributed by atoms with Gasteiger partial charge in [0.2, 0.25) is 10.0 Å². The molecule has 39 heavy (non-hydrogen) atoms. The average molecular weight is 647 g/mol. The van der Waals surface area contributed by atoms with Crippen LogP contribution >= 0.6 is 46.4 Å². The summed E-state index contributed by atoms with van der Waals surface area (Å²) in [6, 6.07) is 9.58. The van der Waals surface area contributed by atoms with Crippen molar-refractivity contribution in [2.24, 2.45) is 0 Å². The zero-order chi connectivity index (χ0) is 29.2. The third-order valence-electron chi connectivity index (χ3n) is 5.21. The van der Waals surface area contributed by atoms with Crippen LogP contribution in [0, 0.1) is 6.92 Å². The number of alkyl halides is 4. The number of halogens is 6. The predicted octanol–water partition coefficient (Wildman–Crippen LogP) is 5.02. The highest BCUT2D eigenvalue weighted by Crippen LogP contribution is 2.35. The van der Waals surface area contributed by atoms with Crippen molar-refractivity contribution in [1.82, 2.24) is 14.3 Å². The number of hydrogen-bond donors (Lipinski definition) is 1. The number of aromatic nitrogens is 3. The highest BCUT2D eigenvalue weighted by atomic mass is 35.5. The zero-order valence-electron chi connectivity index (χ0n) is 20.4. The van der Waals surface area contributed by atoms with E-state index in [1.54, 1.807) is 4.90 Å². The van der Waals surface area contributed by atoms with Gasteiger partial charge in [-0.3, -0.25) is 9.52 Å². The lowest BCUT2D eigenvalue weighted by Gasteiger charge is -2.35. The zero-order valence-corrected chi connectivity index (χ0v) is 24.2. The van der Waals surface area contributed by atoms with Gasteiger partial charge in [0, 0.05) is 0 Å². The van der Waals surface area contributed by atoms with Crippen LogP contribution in [0.3, 0.4) is 0 Å². The van der Waals surface area contributed by atoms with Gasteiger partial charge in [-0.25, -0.2) is 17.8 Å². The van der Waals surface area contributed by atoms with Crippen LogP contribution in [0.1, 0.15) is 19.3 Å². The number of para-hydroxylation sites is 2. The summed E-state index contributed by atoms with van der Waals surface area (Å²) in [6.07, 6.45) is 0.902. The fourth-order valence-corrected chi connectivity index (χ4v) is 4.92. The van der Waals surface area contributed by atoms with Crippen LogP contribution in [0.5, 0.6) is 5.75 Å². The minimum atomic E-state index is -3.65. The minimum Gasteiger partial charge on any atom is -0.489 e. The molecule has 2 aromatic carbocycles. The number of rotatable bonds is 5. The largest absolute Gasteiger partial charge is 0.489 e. The van der Waals surface area contributed by atoms with Crippen molar-refractivity contribution >= 4 is 73.7 Å². The van der Waals surface area contributed by atoms with Crippen molar-refractivity contribution in [1.29, 1.82) is 0 Å². The molecule has 4 rings (SSSR count). The maximum atomic E-state index is 12.8. The maximum absolute atomic E-state index is 12.8. The molecule has 212 valence electrons. The number of amides is 1. The molecule has 0 spiro atoms. The van der Waals surface area contributed by atoms with Gasteiger partial charge in [-0.15, -0.1) is 5.10 Å². The van der Waals surface area contributed by atoms with E-state index < -0.39 is 27.1 Å². The molecule has 0 saturated heterocycles. The van der Waals surface area contributed by atoms with Gasteiger partial charge in [0.25, 0.3) is 5.91 Å². The number of nitrogens with one attached hydrogen (secondary N) is 1. The van der Waals surface area contributed by atoms with Crippen LogP contribution in [0.25, 0.3) is 5.69 Å². The van der Waals surface area contributed by atoms with Gasteiger partial charge in [-0.05, 0) is 38.1 Å². The molecule has 10 nitrogen and oxygen atoms in total. The number of carbonyl (C=O) groups excluding carboxylic acids is 1. The SMILES string of the molecule is CC1COc2ccccc2N1C(=O)C(Cl)Cl.Cc1nn(-c2cc(NS(C)(=O)=O)c(Cl)cc2Cl)c(=O)n1C(F)F. The quantitative estimate of drug-likeness (QED) is 0.389. The van der Waals surface area contributed by atoms with E-state index in [0.29, 0.717) is 17.0 Å². The summed E-state index contributed by atoms with van der Waals surface area (Å²) in [5, 5.41) is 3.63. The van der Waals surface area contributed by atoms with Crippen molar-refractivity contribution in [3.8, 4) is 11.4 Å². The Bertz CT molecular complexity index is 1550. The van der Waals surface area contributed by atoms with E-state index >= 15 is 0 Å². The molecule has 0 radical (unpaired) electrons. The molecule has 1 aliphatic heterocycles. The van der Waals surface area contributed by atoms with Crippen LogP contribution in [0.2, 0.25) is 10.0 Å². The molecular formula is C22H21Cl4F2N5O5S. The van der Waals surface area contributed by atoms with E-state index in [-0.39, 0.29) is 43.8 Å². The second kappa shape index (κ2) is 12.3. The third-order valence-corrected chi connectivity index (χ3v) is 6.79. The van der Waals surface area contributed by atoms with Gasteiger partial charge in [0.1, 0.15) is 18.2 Å². The van der Waals surface area contributed by atoms with E-state index in [1.807, 2.05) is 31.2 Å². The normalized spacial score (nSPS) is 14.9. The summed E-state index contributed by atoms with van der Waals surface area (Å²) in [5.41, 5.74) is -0.552. The van der Waals surface area contributed by atoms with Crippen LogP contribution in [-0.4, -0.2) is 52.4 Å². The number of hydrogen-bond acceptors (Lipinski definition) is 6. The van der Waals surface area contributed by atoms with E-state index in [1.165, 1.54) is 13.0 Å². The average Bonchev–Trinajstić information content (AvgIpc) is 3.13. The van der Waals surface area contributed by atoms with Crippen molar-refractivity contribution in [3.63, 3.8) is 0 Å². The fraction of sp³-hybridized carbons (Fsp3) is 0.318. The predicted molar refractivity (Wildman–Crippen MR) is 147 cm³/mol. The lowest BCUT2D eigenvalue weighted by Crippen LogP contribution is -2.47. The summed E-state index contributed by atoms with van der Waals surface area (Å²) in [4.78, 5) is 24.4. The molecule has 1 aromatic heterocycles. The molecule has 1 atom stereocenters. The Hall–Kier alpha value is -2.58. The first kappa shape index (κ1) is 31.0. The minimum absolute atomic E-state index is 0.0257. The molecule has 1 aliphatic rings. The summed E-state index contributed by atoms with van der Waals surface area (Å²) in [5.74, 6) is 0.142. The molecule has 1 unspecified atom stereocenters. The molecular weight excluding hydrogens is 626 g/mol. The Morgan fingerprint density at radius 3 is 2.36 bits per heavy atom. The number of aryl methyl sites for hydroxylation is 1. The Labute approximate surface area is 242 Å². The summed E-state index contributed by atoms with van der Waals surface area (Å²) in [6.45, 7) is 0.493. The first-order valence-electron chi connectivity index (χ1n) is 10.9. The molecule has 1 amide bonds. The number of anilines is 2. The Balaban J connectivity index is 0.000000230. The molecule has 17 heteroatoms. The second-order valence-corrected chi connectivity index (χ2v) is 11.8.